The number of H-pyrrole nitrogens is 1. The summed E-state index contributed by atoms with van der Waals surface area (Å²) in [6.45, 7) is 0.486. The first-order valence-corrected chi connectivity index (χ1v) is 9.25. The van der Waals surface area contributed by atoms with Crippen molar-refractivity contribution < 1.29 is 9.53 Å². The molecule has 0 fully saturated rings. The van der Waals surface area contributed by atoms with Crippen molar-refractivity contribution in [2.24, 2.45) is 0 Å². The monoisotopic (exact) mass is 385 g/mol. The number of ether oxygens (including phenoxy) is 1. The molecule has 7 nitrogen and oxygen atoms in total. The Hall–Kier alpha value is -3.92. The highest BCUT2D eigenvalue weighted by Gasteiger charge is 2.16. The molecule has 2 aromatic heterocycles. The lowest BCUT2D eigenvalue weighted by molar-refractivity contribution is 0.0601. The van der Waals surface area contributed by atoms with Gasteiger partial charge in [0.25, 0.3) is 0 Å². The highest BCUT2D eigenvalue weighted by Crippen LogP contribution is 2.30. The maximum Gasteiger partial charge on any atom is 0.337 e. The second kappa shape index (κ2) is 7.98. The summed E-state index contributed by atoms with van der Waals surface area (Å²) in [4.78, 5) is 24.6. The molecule has 2 heterocycles. The maximum atomic E-state index is 11.9. The molecule has 2 N–H and O–H groups in total. The molecule has 0 aliphatic rings. The number of anilines is 1. The topological polar surface area (TPSA) is 104 Å². The lowest BCUT2D eigenvalue weighted by atomic mass is 10.1. The molecule has 144 valence electrons. The number of aromatic amines is 1. The summed E-state index contributed by atoms with van der Waals surface area (Å²) >= 11 is 0. The smallest absolute Gasteiger partial charge is 0.337 e. The van der Waals surface area contributed by atoms with Gasteiger partial charge < -0.3 is 15.0 Å². The summed E-state index contributed by atoms with van der Waals surface area (Å²) in [6, 6.07) is 17.5. The number of aromatic nitrogens is 3. The largest absolute Gasteiger partial charge is 0.465 e. The van der Waals surface area contributed by atoms with Gasteiger partial charge in [-0.3, -0.25) is 0 Å². The van der Waals surface area contributed by atoms with Gasteiger partial charge in [-0.15, -0.1) is 0 Å². The summed E-state index contributed by atoms with van der Waals surface area (Å²) in [5.41, 5.74) is 3.03. The number of fused-ring (bicyclic) bond motifs is 3. The minimum absolute atomic E-state index is 0.369. The van der Waals surface area contributed by atoms with E-state index >= 15 is 0 Å². The molecule has 29 heavy (non-hydrogen) atoms. The van der Waals surface area contributed by atoms with Crippen LogP contribution in [-0.2, 0) is 11.2 Å². The Bertz CT molecular complexity index is 1220. The molecule has 0 spiro atoms. The third kappa shape index (κ3) is 3.73. The molecule has 0 saturated carbocycles. The number of hydrogen-bond acceptors (Lipinski definition) is 6. The van der Waals surface area contributed by atoms with E-state index in [1.807, 2.05) is 36.4 Å². The number of rotatable bonds is 6. The van der Waals surface area contributed by atoms with Crippen molar-refractivity contribution in [2.75, 3.05) is 19.0 Å². The third-order valence-corrected chi connectivity index (χ3v) is 4.65. The highest BCUT2D eigenvalue weighted by molar-refractivity contribution is 6.12. The molecular weight excluding hydrogens is 366 g/mol. The first kappa shape index (κ1) is 18.4. The molecule has 0 unspecified atom stereocenters. The van der Waals surface area contributed by atoms with E-state index in [0.29, 0.717) is 42.2 Å². The number of carbonyl (C=O) groups excluding carboxylic acids is 1. The zero-order valence-corrected chi connectivity index (χ0v) is 15.9. The van der Waals surface area contributed by atoms with Crippen molar-refractivity contribution in [3.63, 3.8) is 0 Å². The van der Waals surface area contributed by atoms with Crippen LogP contribution in [-0.4, -0.2) is 34.6 Å². The summed E-state index contributed by atoms with van der Waals surface area (Å²) < 4.78 is 4.81. The molecule has 4 aromatic rings. The minimum atomic E-state index is -0.395. The van der Waals surface area contributed by atoms with E-state index in [1.165, 1.54) is 7.11 Å². The van der Waals surface area contributed by atoms with Crippen LogP contribution in [0.3, 0.4) is 0 Å². The summed E-state index contributed by atoms with van der Waals surface area (Å²) in [5, 5.41) is 13.9. The Morgan fingerprint density at radius 1 is 1.21 bits per heavy atom. The molecule has 0 atom stereocenters. The van der Waals surface area contributed by atoms with E-state index in [4.69, 9.17) is 20.0 Å². The van der Waals surface area contributed by atoms with Gasteiger partial charge in [-0.05, 0) is 17.7 Å². The van der Waals surface area contributed by atoms with E-state index in [-0.39, 0.29) is 0 Å². The Kier molecular flexibility index (Phi) is 5.08. The Morgan fingerprint density at radius 3 is 2.79 bits per heavy atom. The van der Waals surface area contributed by atoms with E-state index < -0.39 is 5.97 Å². The van der Waals surface area contributed by atoms with Gasteiger partial charge >= 0.3 is 5.97 Å². The number of hydrogen-bond donors (Lipinski definition) is 2. The van der Waals surface area contributed by atoms with Gasteiger partial charge in [0.05, 0.1) is 30.5 Å². The van der Waals surface area contributed by atoms with Gasteiger partial charge in [-0.2, -0.15) is 5.26 Å². The van der Waals surface area contributed by atoms with Crippen molar-refractivity contribution in [3.8, 4) is 6.07 Å². The van der Waals surface area contributed by atoms with Gasteiger partial charge in [0.1, 0.15) is 17.3 Å². The molecule has 0 bridgehead atoms. The van der Waals surface area contributed by atoms with Crippen molar-refractivity contribution in [2.45, 2.75) is 12.8 Å². The predicted octanol–water partition coefficient (Wildman–Crippen LogP) is 3.81. The van der Waals surface area contributed by atoms with Crippen molar-refractivity contribution in [1.82, 2.24) is 15.0 Å². The highest BCUT2D eigenvalue weighted by atomic mass is 16.5. The summed E-state index contributed by atoms with van der Waals surface area (Å²) in [6.07, 6.45) is 0.959. The van der Waals surface area contributed by atoms with E-state index in [1.54, 1.807) is 12.1 Å². The fourth-order valence-electron chi connectivity index (χ4n) is 3.31. The molecule has 0 saturated heterocycles. The number of carbonyl (C=O) groups is 1. The van der Waals surface area contributed by atoms with Gasteiger partial charge in [0.15, 0.2) is 0 Å². The first-order chi connectivity index (χ1) is 14.2. The lowest BCUT2D eigenvalue weighted by Gasteiger charge is -2.08. The van der Waals surface area contributed by atoms with Crippen LogP contribution in [0, 0.1) is 11.3 Å². The van der Waals surface area contributed by atoms with E-state index in [9.17, 15) is 4.79 Å². The predicted molar refractivity (Wildman–Crippen MR) is 111 cm³/mol. The zero-order valence-electron chi connectivity index (χ0n) is 15.9. The average molecular weight is 385 g/mol. The number of nitrogens with one attached hydrogen (secondary N) is 2. The van der Waals surface area contributed by atoms with Crippen LogP contribution in [0.4, 0.5) is 5.82 Å². The number of esters is 1. The number of methoxy groups -OCH3 is 1. The SMILES string of the molecule is COC(=O)c1ccc2c(c1)[nH]c1nc(Cc3ccccc3)nc(NCCC#N)c12. The van der Waals surface area contributed by atoms with Crippen LogP contribution in [0.5, 0.6) is 0 Å². The molecule has 0 amide bonds. The maximum absolute atomic E-state index is 11.9. The molecular formula is C22H19N5O2. The molecule has 2 aromatic carbocycles. The van der Waals surface area contributed by atoms with E-state index in [2.05, 4.69) is 16.4 Å². The van der Waals surface area contributed by atoms with Gasteiger partial charge in [-0.25, -0.2) is 14.8 Å². The first-order valence-electron chi connectivity index (χ1n) is 9.25. The molecule has 0 aliphatic heterocycles. The minimum Gasteiger partial charge on any atom is -0.465 e. The van der Waals surface area contributed by atoms with Gasteiger partial charge in [0, 0.05) is 23.9 Å². The van der Waals surface area contributed by atoms with Crippen LogP contribution in [0.1, 0.15) is 28.2 Å². The van der Waals surface area contributed by atoms with Crippen LogP contribution in [0.15, 0.2) is 48.5 Å². The average Bonchev–Trinajstić information content (AvgIpc) is 3.11. The number of benzene rings is 2. The molecule has 0 radical (unpaired) electrons. The summed E-state index contributed by atoms with van der Waals surface area (Å²) in [5.74, 6) is 0.949. The Labute approximate surface area is 167 Å². The molecule has 7 heteroatoms. The second-order valence-corrected chi connectivity index (χ2v) is 6.59. The van der Waals surface area contributed by atoms with Crippen molar-refractivity contribution >= 4 is 33.7 Å². The normalized spacial score (nSPS) is 10.8. The standard InChI is InChI=1S/C22H19N5O2/c1-29-22(28)15-8-9-16-17(13-15)25-21-19(16)20(24-11-5-10-23)26-18(27-21)12-14-6-3-2-4-7-14/h2-4,6-9,13H,5,11-12H2,1H3,(H2,24,25,26,27). The third-order valence-electron chi connectivity index (χ3n) is 4.65. The van der Waals surface area contributed by atoms with Crippen LogP contribution in [0.25, 0.3) is 21.9 Å². The van der Waals surface area contributed by atoms with Crippen LogP contribution < -0.4 is 5.32 Å². The van der Waals surface area contributed by atoms with Crippen molar-refractivity contribution in [3.05, 3.63) is 65.5 Å². The Balaban J connectivity index is 1.83. The summed E-state index contributed by atoms with van der Waals surface area (Å²) in [7, 11) is 1.36. The molecule has 4 rings (SSSR count). The fraction of sp³-hybridized carbons (Fsp3) is 0.182. The number of nitriles is 1. The van der Waals surface area contributed by atoms with Crippen molar-refractivity contribution in [1.29, 1.82) is 5.26 Å². The quantitative estimate of drug-likeness (QED) is 0.386. The van der Waals surface area contributed by atoms with Crippen LogP contribution in [0.2, 0.25) is 0 Å². The number of nitrogens with zero attached hydrogens (tertiary/aromatic N) is 3. The molecule has 0 aliphatic carbocycles. The fourth-order valence-corrected chi connectivity index (χ4v) is 3.31. The lowest BCUT2D eigenvalue weighted by Crippen LogP contribution is -2.06. The van der Waals surface area contributed by atoms with Crippen LogP contribution >= 0.6 is 0 Å². The van der Waals surface area contributed by atoms with E-state index in [0.717, 1.165) is 21.9 Å². The van der Waals surface area contributed by atoms with Gasteiger partial charge in [-0.1, -0.05) is 36.4 Å². The Morgan fingerprint density at radius 2 is 2.03 bits per heavy atom. The second-order valence-electron chi connectivity index (χ2n) is 6.59. The zero-order chi connectivity index (χ0) is 20.2. The van der Waals surface area contributed by atoms with Gasteiger partial charge in [0.2, 0.25) is 0 Å².